The summed E-state index contributed by atoms with van der Waals surface area (Å²) in [7, 11) is 1.89. The molecule has 0 saturated heterocycles. The quantitative estimate of drug-likeness (QED) is 0.864. The second-order valence-corrected chi connectivity index (χ2v) is 4.70. The zero-order chi connectivity index (χ0) is 12.4. The summed E-state index contributed by atoms with van der Waals surface area (Å²) in [6.45, 7) is 0. The van der Waals surface area contributed by atoms with Crippen molar-refractivity contribution in [1.29, 1.82) is 0 Å². The number of fused-ring (bicyclic) bond motifs is 1. The summed E-state index contributed by atoms with van der Waals surface area (Å²) in [4.78, 5) is 4.22. The Hall–Kier alpha value is -2.03. The molecular weight excluding hydrogens is 222 g/mol. The van der Waals surface area contributed by atoms with Gasteiger partial charge in [-0.05, 0) is 30.0 Å². The molecule has 0 amide bonds. The molecule has 1 aliphatic carbocycles. The van der Waals surface area contributed by atoms with Crippen LogP contribution in [-0.4, -0.2) is 18.1 Å². The topological polar surface area (TPSA) is 37.0 Å². The van der Waals surface area contributed by atoms with E-state index < -0.39 is 0 Å². The van der Waals surface area contributed by atoms with Gasteiger partial charge < -0.3 is 10.6 Å². The Morgan fingerprint density at radius 2 is 1.83 bits per heavy atom. The highest BCUT2D eigenvalue weighted by atomic mass is 15.0. The SMILES string of the molecule is CNc1cc(NC2Cc3ccccc3C2)ccn1. The molecule has 1 aliphatic rings. The van der Waals surface area contributed by atoms with Crippen molar-refractivity contribution in [3.05, 3.63) is 53.7 Å². The van der Waals surface area contributed by atoms with Gasteiger partial charge in [-0.1, -0.05) is 24.3 Å². The van der Waals surface area contributed by atoms with Crippen LogP contribution in [0, 0.1) is 0 Å². The van der Waals surface area contributed by atoms with E-state index in [1.165, 1.54) is 11.1 Å². The number of nitrogens with one attached hydrogen (secondary N) is 2. The fourth-order valence-corrected chi connectivity index (χ4v) is 2.55. The minimum Gasteiger partial charge on any atom is -0.381 e. The molecule has 92 valence electrons. The van der Waals surface area contributed by atoms with Crippen molar-refractivity contribution in [3.63, 3.8) is 0 Å². The van der Waals surface area contributed by atoms with E-state index in [0.717, 1.165) is 24.3 Å². The first-order valence-corrected chi connectivity index (χ1v) is 6.32. The second-order valence-electron chi connectivity index (χ2n) is 4.70. The summed E-state index contributed by atoms with van der Waals surface area (Å²) in [6.07, 6.45) is 4.04. The smallest absolute Gasteiger partial charge is 0.127 e. The summed E-state index contributed by atoms with van der Waals surface area (Å²) < 4.78 is 0. The van der Waals surface area contributed by atoms with E-state index in [2.05, 4.69) is 39.9 Å². The monoisotopic (exact) mass is 239 g/mol. The van der Waals surface area contributed by atoms with E-state index in [9.17, 15) is 0 Å². The Morgan fingerprint density at radius 3 is 2.50 bits per heavy atom. The third kappa shape index (κ3) is 2.16. The molecule has 0 atom stereocenters. The maximum atomic E-state index is 4.22. The Balaban J connectivity index is 1.72. The number of aromatic nitrogens is 1. The lowest BCUT2D eigenvalue weighted by molar-refractivity contribution is 0.774. The molecular formula is C15H17N3. The van der Waals surface area contributed by atoms with Gasteiger partial charge >= 0.3 is 0 Å². The van der Waals surface area contributed by atoms with E-state index in [1.807, 2.05) is 25.4 Å². The number of hydrogen-bond acceptors (Lipinski definition) is 3. The van der Waals surface area contributed by atoms with Gasteiger partial charge in [-0.25, -0.2) is 4.98 Å². The first-order valence-electron chi connectivity index (χ1n) is 6.32. The van der Waals surface area contributed by atoms with Crippen LogP contribution in [0.15, 0.2) is 42.6 Å². The molecule has 1 aromatic heterocycles. The van der Waals surface area contributed by atoms with Crippen LogP contribution >= 0.6 is 0 Å². The second kappa shape index (κ2) is 4.69. The first kappa shape index (κ1) is 11.1. The average Bonchev–Trinajstić information content (AvgIpc) is 2.81. The highest BCUT2D eigenvalue weighted by molar-refractivity contribution is 5.53. The van der Waals surface area contributed by atoms with Crippen LogP contribution in [0.4, 0.5) is 11.5 Å². The van der Waals surface area contributed by atoms with Gasteiger partial charge in [0.05, 0.1) is 0 Å². The zero-order valence-corrected chi connectivity index (χ0v) is 10.5. The van der Waals surface area contributed by atoms with Crippen LogP contribution in [0.3, 0.4) is 0 Å². The molecule has 1 heterocycles. The van der Waals surface area contributed by atoms with Gasteiger partial charge in [0.15, 0.2) is 0 Å². The normalized spacial score (nSPS) is 14.3. The van der Waals surface area contributed by atoms with Crippen molar-refractivity contribution >= 4 is 11.5 Å². The van der Waals surface area contributed by atoms with Gasteiger partial charge in [-0.15, -0.1) is 0 Å². The minimum atomic E-state index is 0.495. The van der Waals surface area contributed by atoms with Crippen molar-refractivity contribution < 1.29 is 0 Å². The zero-order valence-electron chi connectivity index (χ0n) is 10.5. The molecule has 0 fully saturated rings. The number of rotatable bonds is 3. The first-order chi connectivity index (χ1) is 8.85. The van der Waals surface area contributed by atoms with Crippen LogP contribution in [0.2, 0.25) is 0 Å². The Bertz CT molecular complexity index is 526. The summed E-state index contributed by atoms with van der Waals surface area (Å²) in [5, 5.41) is 6.64. The Kier molecular flexibility index (Phi) is 2.89. The highest BCUT2D eigenvalue weighted by Crippen LogP contribution is 2.24. The molecule has 18 heavy (non-hydrogen) atoms. The van der Waals surface area contributed by atoms with E-state index in [-0.39, 0.29) is 0 Å². The lowest BCUT2D eigenvalue weighted by Crippen LogP contribution is -2.19. The number of pyridine rings is 1. The maximum Gasteiger partial charge on any atom is 0.127 e. The third-order valence-electron chi connectivity index (χ3n) is 3.44. The van der Waals surface area contributed by atoms with Gasteiger partial charge in [-0.2, -0.15) is 0 Å². The standard InChI is InChI=1S/C15H17N3/c1-16-15-10-13(6-7-17-15)18-14-8-11-4-2-3-5-12(11)9-14/h2-7,10,14H,8-9H2,1H3,(H2,16,17,18). The lowest BCUT2D eigenvalue weighted by Gasteiger charge is -2.14. The maximum absolute atomic E-state index is 4.22. The van der Waals surface area contributed by atoms with Crippen LogP contribution in [-0.2, 0) is 12.8 Å². The fourth-order valence-electron chi connectivity index (χ4n) is 2.55. The molecule has 0 bridgehead atoms. The van der Waals surface area contributed by atoms with Crippen LogP contribution in [0.1, 0.15) is 11.1 Å². The third-order valence-corrected chi connectivity index (χ3v) is 3.44. The number of anilines is 2. The largest absolute Gasteiger partial charge is 0.381 e. The molecule has 0 saturated carbocycles. The summed E-state index contributed by atoms with van der Waals surface area (Å²) >= 11 is 0. The Morgan fingerprint density at radius 1 is 1.11 bits per heavy atom. The van der Waals surface area contributed by atoms with E-state index >= 15 is 0 Å². The van der Waals surface area contributed by atoms with Crippen molar-refractivity contribution in [1.82, 2.24) is 4.98 Å². The van der Waals surface area contributed by atoms with Gasteiger partial charge in [0.25, 0.3) is 0 Å². The molecule has 1 aromatic carbocycles. The van der Waals surface area contributed by atoms with Crippen molar-refractivity contribution in [2.45, 2.75) is 18.9 Å². The number of hydrogen-bond donors (Lipinski definition) is 2. The van der Waals surface area contributed by atoms with E-state index in [0.29, 0.717) is 6.04 Å². The lowest BCUT2D eigenvalue weighted by atomic mass is 10.1. The van der Waals surface area contributed by atoms with Gasteiger partial charge in [0.1, 0.15) is 5.82 Å². The van der Waals surface area contributed by atoms with Crippen LogP contribution in [0.25, 0.3) is 0 Å². The molecule has 0 radical (unpaired) electrons. The van der Waals surface area contributed by atoms with Crippen LogP contribution in [0.5, 0.6) is 0 Å². The number of nitrogens with zero attached hydrogens (tertiary/aromatic N) is 1. The van der Waals surface area contributed by atoms with Gasteiger partial charge in [0.2, 0.25) is 0 Å². The predicted octanol–water partition coefficient (Wildman–Crippen LogP) is 2.70. The molecule has 2 N–H and O–H groups in total. The molecule has 3 rings (SSSR count). The molecule has 3 nitrogen and oxygen atoms in total. The molecule has 0 aliphatic heterocycles. The highest BCUT2D eigenvalue weighted by Gasteiger charge is 2.20. The Labute approximate surface area is 107 Å². The molecule has 3 heteroatoms. The summed E-state index contributed by atoms with van der Waals surface area (Å²) in [6, 6.07) is 13.2. The predicted molar refractivity (Wildman–Crippen MR) is 75.0 cm³/mol. The van der Waals surface area contributed by atoms with Crippen molar-refractivity contribution in [2.24, 2.45) is 0 Å². The van der Waals surface area contributed by atoms with Crippen molar-refractivity contribution in [3.8, 4) is 0 Å². The average molecular weight is 239 g/mol. The molecule has 2 aromatic rings. The summed E-state index contributed by atoms with van der Waals surface area (Å²) in [5.41, 5.74) is 4.07. The van der Waals surface area contributed by atoms with Crippen molar-refractivity contribution in [2.75, 3.05) is 17.7 Å². The number of benzene rings is 1. The fraction of sp³-hybridized carbons (Fsp3) is 0.267. The van der Waals surface area contributed by atoms with Crippen LogP contribution < -0.4 is 10.6 Å². The van der Waals surface area contributed by atoms with E-state index in [4.69, 9.17) is 0 Å². The molecule has 0 spiro atoms. The minimum absolute atomic E-state index is 0.495. The van der Waals surface area contributed by atoms with Gasteiger partial charge in [0, 0.05) is 31.0 Å². The summed E-state index contributed by atoms with van der Waals surface area (Å²) in [5.74, 6) is 0.899. The van der Waals surface area contributed by atoms with Gasteiger partial charge in [-0.3, -0.25) is 0 Å². The molecule has 0 unspecified atom stereocenters. The van der Waals surface area contributed by atoms with E-state index in [1.54, 1.807) is 0 Å².